The molecule has 4 heteroatoms. The SMILES string of the molecule is c1ccc(-c2ccc(N(c3ccc(-c4ccccc4)cc3)c3ccc(-c4ccc(-c5ccc(-c6ccc(-c7ccc8c(c7)c7ccccc7n8-c7ccccc7)cc6)cc5)cc4)cc3)cc2)cc1.c1ccc(-c2ccc(N(c3ccc(-c4ccccc4)cc3)c3ccc(-c4ccc(-c5ccc(-c6ccc7c(c6)c6ccccc6n7-c6ccccc6)cc5)cc4)cc3)cc2)cc1. The number of para-hydroxylation sites is 4. The molecule has 2 heterocycles. The van der Waals surface area contributed by atoms with E-state index in [0.717, 1.165) is 34.1 Å². The molecule has 0 aliphatic carbocycles. The molecular formula is C126H88N4. The number of fused-ring (bicyclic) bond motifs is 6. The zero-order valence-electron chi connectivity index (χ0n) is 71.6. The van der Waals surface area contributed by atoms with E-state index in [9.17, 15) is 0 Å². The van der Waals surface area contributed by atoms with Gasteiger partial charge in [0.1, 0.15) is 0 Å². The maximum absolute atomic E-state index is 2.36. The lowest BCUT2D eigenvalue weighted by atomic mass is 9.96. The Hall–Kier alpha value is -17.2. The van der Waals surface area contributed by atoms with Gasteiger partial charge in [0.2, 0.25) is 0 Å². The number of benzene rings is 21. The van der Waals surface area contributed by atoms with Crippen molar-refractivity contribution in [2.75, 3.05) is 9.80 Å². The highest BCUT2D eigenvalue weighted by molar-refractivity contribution is 6.12. The Kier molecular flexibility index (Phi) is 21.5. The van der Waals surface area contributed by atoms with Gasteiger partial charge in [0.05, 0.1) is 22.1 Å². The number of nitrogens with zero attached hydrogens (tertiary/aromatic N) is 4. The van der Waals surface area contributed by atoms with E-state index < -0.39 is 0 Å². The largest absolute Gasteiger partial charge is 0.311 e. The highest BCUT2D eigenvalue weighted by atomic mass is 15.1. The molecule has 130 heavy (non-hydrogen) atoms. The van der Waals surface area contributed by atoms with Crippen LogP contribution in [0.4, 0.5) is 34.1 Å². The van der Waals surface area contributed by atoms with E-state index >= 15 is 0 Å². The second-order valence-electron chi connectivity index (χ2n) is 33.1. The van der Waals surface area contributed by atoms with Gasteiger partial charge in [0.25, 0.3) is 0 Å². The van der Waals surface area contributed by atoms with E-state index in [-0.39, 0.29) is 0 Å². The third kappa shape index (κ3) is 16.0. The average molecular weight is 1660 g/mol. The van der Waals surface area contributed by atoms with Gasteiger partial charge < -0.3 is 18.9 Å². The van der Waals surface area contributed by atoms with Gasteiger partial charge in [-0.25, -0.2) is 0 Å². The van der Waals surface area contributed by atoms with Crippen LogP contribution in [0.2, 0.25) is 0 Å². The van der Waals surface area contributed by atoms with Crippen LogP contribution >= 0.6 is 0 Å². The summed E-state index contributed by atoms with van der Waals surface area (Å²) in [5.74, 6) is 0. The highest BCUT2D eigenvalue weighted by Crippen LogP contribution is 2.44. The molecule has 0 spiro atoms. The molecule has 21 aromatic carbocycles. The van der Waals surface area contributed by atoms with Gasteiger partial charge in [-0.15, -0.1) is 0 Å². The van der Waals surface area contributed by atoms with Gasteiger partial charge in [-0.05, 0) is 256 Å². The lowest BCUT2D eigenvalue weighted by molar-refractivity contribution is 1.18. The molecule has 0 radical (unpaired) electrons. The zero-order chi connectivity index (χ0) is 86.5. The molecule has 23 rings (SSSR count). The minimum Gasteiger partial charge on any atom is -0.311 e. The van der Waals surface area contributed by atoms with Gasteiger partial charge in [-0.2, -0.15) is 0 Å². The molecule has 0 aliphatic heterocycles. The van der Waals surface area contributed by atoms with Crippen molar-refractivity contribution in [3.63, 3.8) is 0 Å². The van der Waals surface area contributed by atoms with Crippen LogP contribution in [-0.4, -0.2) is 9.13 Å². The number of hydrogen-bond donors (Lipinski definition) is 0. The third-order valence-corrected chi connectivity index (χ3v) is 25.3. The Bertz CT molecular complexity index is 7680. The smallest absolute Gasteiger partial charge is 0.0541 e. The van der Waals surface area contributed by atoms with Crippen molar-refractivity contribution in [3.8, 4) is 134 Å². The van der Waals surface area contributed by atoms with Gasteiger partial charge in [-0.1, -0.05) is 400 Å². The van der Waals surface area contributed by atoms with Crippen molar-refractivity contribution >= 4 is 77.7 Å². The minimum atomic E-state index is 1.10. The first-order chi connectivity index (χ1) is 64.4. The molecule has 0 saturated heterocycles. The summed E-state index contributed by atoms with van der Waals surface area (Å²) in [4.78, 5) is 4.67. The summed E-state index contributed by atoms with van der Waals surface area (Å²) in [5.41, 5.74) is 40.2. The van der Waals surface area contributed by atoms with Crippen LogP contribution < -0.4 is 9.80 Å². The van der Waals surface area contributed by atoms with E-state index in [0.29, 0.717) is 0 Å². The molecule has 4 nitrogen and oxygen atoms in total. The van der Waals surface area contributed by atoms with Crippen LogP contribution in [0.15, 0.2) is 534 Å². The fourth-order valence-electron chi connectivity index (χ4n) is 18.5. The van der Waals surface area contributed by atoms with Crippen molar-refractivity contribution in [1.29, 1.82) is 0 Å². The van der Waals surface area contributed by atoms with E-state index in [1.165, 1.54) is 177 Å². The summed E-state index contributed by atoms with van der Waals surface area (Å²) < 4.78 is 4.73. The molecule has 0 bridgehead atoms. The summed E-state index contributed by atoms with van der Waals surface area (Å²) in [6.45, 7) is 0. The molecule has 0 unspecified atom stereocenters. The van der Waals surface area contributed by atoms with Crippen LogP contribution in [-0.2, 0) is 0 Å². The van der Waals surface area contributed by atoms with Crippen molar-refractivity contribution in [2.45, 2.75) is 0 Å². The van der Waals surface area contributed by atoms with Crippen LogP contribution in [0, 0.1) is 0 Å². The second kappa shape index (κ2) is 35.5. The van der Waals surface area contributed by atoms with Crippen LogP contribution in [0.1, 0.15) is 0 Å². The Morgan fingerprint density at radius 3 is 0.462 bits per heavy atom. The van der Waals surface area contributed by atoms with Gasteiger partial charge >= 0.3 is 0 Å². The second-order valence-corrected chi connectivity index (χ2v) is 33.1. The number of rotatable bonds is 19. The number of anilines is 6. The highest BCUT2D eigenvalue weighted by Gasteiger charge is 2.21. The minimum absolute atomic E-state index is 1.10. The first-order valence-electron chi connectivity index (χ1n) is 44.6. The topological polar surface area (TPSA) is 16.3 Å². The first-order valence-corrected chi connectivity index (χ1v) is 44.6. The summed E-state index contributed by atoms with van der Waals surface area (Å²) >= 11 is 0. The number of hydrogen-bond acceptors (Lipinski definition) is 2. The van der Waals surface area contributed by atoms with Crippen LogP contribution in [0.25, 0.3) is 177 Å². The molecule has 0 fully saturated rings. The summed E-state index contributed by atoms with van der Waals surface area (Å²) in [5, 5.41) is 5.05. The fraction of sp³-hybridized carbons (Fsp3) is 0. The third-order valence-electron chi connectivity index (χ3n) is 25.3. The Labute approximate surface area is 759 Å². The maximum Gasteiger partial charge on any atom is 0.0541 e. The van der Waals surface area contributed by atoms with E-state index in [2.05, 4.69) is 553 Å². The molecule has 0 atom stereocenters. The molecular weight excluding hydrogens is 1570 g/mol. The van der Waals surface area contributed by atoms with E-state index in [1.54, 1.807) is 0 Å². The Morgan fingerprint density at radius 1 is 0.108 bits per heavy atom. The van der Waals surface area contributed by atoms with Crippen LogP contribution in [0.3, 0.4) is 0 Å². The molecule has 0 N–H and O–H groups in total. The molecule has 2 aromatic heterocycles. The quantitative estimate of drug-likeness (QED) is 0.0802. The normalized spacial score (nSPS) is 11.2. The van der Waals surface area contributed by atoms with Gasteiger partial charge in [-0.3, -0.25) is 0 Å². The van der Waals surface area contributed by atoms with Gasteiger partial charge in [0.15, 0.2) is 0 Å². The predicted octanol–water partition coefficient (Wildman–Crippen LogP) is 34.8. The van der Waals surface area contributed by atoms with Crippen molar-refractivity contribution in [3.05, 3.63) is 534 Å². The Morgan fingerprint density at radius 2 is 0.254 bits per heavy atom. The lowest BCUT2D eigenvalue weighted by Crippen LogP contribution is -2.09. The van der Waals surface area contributed by atoms with Crippen molar-refractivity contribution < 1.29 is 0 Å². The molecule has 23 aromatic rings. The molecule has 0 amide bonds. The average Bonchev–Trinajstić information content (AvgIpc) is 1.59. The summed E-state index contributed by atoms with van der Waals surface area (Å²) in [7, 11) is 0. The monoisotopic (exact) mass is 1660 g/mol. The first kappa shape index (κ1) is 78.8. The number of aromatic nitrogens is 2. The van der Waals surface area contributed by atoms with Crippen molar-refractivity contribution in [2.24, 2.45) is 0 Å². The predicted molar refractivity (Wildman–Crippen MR) is 551 cm³/mol. The molecule has 0 saturated carbocycles. The van der Waals surface area contributed by atoms with Gasteiger partial charge in [0, 0.05) is 67.0 Å². The zero-order valence-corrected chi connectivity index (χ0v) is 71.6. The molecule has 0 aliphatic rings. The Balaban J connectivity index is 0.000000153. The summed E-state index contributed by atoms with van der Waals surface area (Å²) in [6.07, 6.45) is 0. The van der Waals surface area contributed by atoms with Crippen molar-refractivity contribution in [1.82, 2.24) is 9.13 Å². The van der Waals surface area contributed by atoms with E-state index in [1.807, 2.05) is 0 Å². The maximum atomic E-state index is 2.36. The molecule has 612 valence electrons. The standard InChI is InChI=1S/C66H46N2.C60H42N2/c1-4-12-47(13-5-1)54-32-39-60(40-33-54)67(61-41-34-55(35-42-61)48-14-6-2-7-15-48)62-43-36-56(37-44-62)53-26-24-50(25-27-53)49-20-22-51(23-21-49)52-28-30-57(31-29-52)58-38-45-66-64(46-58)63-18-10-11-19-65(63)68(66)59-16-8-3-9-17-59;1-4-12-43(13-5-1)48-28-35-54(36-29-48)61(55-37-30-49(31-38-55)44-14-6-2-7-15-44)56-39-32-50(33-40-56)47-22-20-45(21-23-47)46-24-26-51(27-25-46)52-34-41-60-58(42-52)57-18-10-11-19-59(57)62(60)53-16-8-3-9-17-53/h1-46H;1-42H. The van der Waals surface area contributed by atoms with E-state index in [4.69, 9.17) is 0 Å². The fourth-order valence-corrected chi connectivity index (χ4v) is 18.5. The lowest BCUT2D eigenvalue weighted by Gasteiger charge is -2.26. The van der Waals surface area contributed by atoms with Crippen LogP contribution in [0.5, 0.6) is 0 Å². The summed E-state index contributed by atoms with van der Waals surface area (Å²) in [6, 6.07) is 193.